The van der Waals surface area contributed by atoms with E-state index in [4.69, 9.17) is 4.74 Å². The quantitative estimate of drug-likeness (QED) is 0.734. The van der Waals surface area contributed by atoms with E-state index in [0.29, 0.717) is 12.2 Å². The molecule has 100 valence electrons. The molecule has 0 aliphatic heterocycles. The van der Waals surface area contributed by atoms with Gasteiger partial charge < -0.3 is 4.74 Å². The maximum absolute atomic E-state index is 12.4. The Morgan fingerprint density at radius 3 is 2.67 bits per heavy atom. The highest BCUT2D eigenvalue weighted by Gasteiger charge is 2.30. The number of carbonyl (C=O) groups excluding carboxylic acids is 1. The third-order valence-corrected chi connectivity index (χ3v) is 2.27. The van der Waals surface area contributed by atoms with E-state index in [0.717, 1.165) is 18.6 Å². The minimum absolute atomic E-state index is 0.0341. The molecule has 0 unspecified atom stereocenters. The molecule has 0 amide bonds. The van der Waals surface area contributed by atoms with Gasteiger partial charge in [-0.2, -0.15) is 13.2 Å². The van der Waals surface area contributed by atoms with E-state index in [1.165, 1.54) is 12.1 Å². The number of ether oxygens (including phenoxy) is 1. The van der Waals surface area contributed by atoms with Gasteiger partial charge in [-0.3, -0.25) is 4.79 Å². The van der Waals surface area contributed by atoms with E-state index < -0.39 is 11.7 Å². The molecular formula is C13H15F3O2. The van der Waals surface area contributed by atoms with Crippen LogP contribution in [0.1, 0.15) is 24.5 Å². The number of carbonyl (C=O) groups is 1. The molecule has 0 saturated heterocycles. The molecular weight excluding hydrogens is 245 g/mol. The van der Waals surface area contributed by atoms with Crippen LogP contribution in [0.3, 0.4) is 0 Å². The Bertz CT molecular complexity index is 399. The molecule has 0 heterocycles. The predicted molar refractivity (Wildman–Crippen MR) is 61.3 cm³/mol. The number of Topliss-reactive ketones (excluding diaryl/α,β-unsaturated/α-hetero) is 1. The third-order valence-electron chi connectivity index (χ3n) is 2.27. The van der Waals surface area contributed by atoms with Gasteiger partial charge in [-0.05, 0) is 18.1 Å². The SMILES string of the molecule is CCCOCC(=O)Cc1cccc(C(F)(F)F)c1. The molecule has 0 aromatic heterocycles. The Labute approximate surface area is 104 Å². The zero-order chi connectivity index (χ0) is 13.6. The molecule has 0 saturated carbocycles. The van der Waals surface area contributed by atoms with Crippen molar-refractivity contribution in [2.75, 3.05) is 13.2 Å². The van der Waals surface area contributed by atoms with Gasteiger partial charge in [0, 0.05) is 13.0 Å². The lowest BCUT2D eigenvalue weighted by molar-refractivity contribution is -0.137. The van der Waals surface area contributed by atoms with Crippen molar-refractivity contribution in [3.8, 4) is 0 Å². The highest BCUT2D eigenvalue weighted by molar-refractivity contribution is 5.82. The Morgan fingerprint density at radius 2 is 2.06 bits per heavy atom. The van der Waals surface area contributed by atoms with Crippen LogP contribution in [0.4, 0.5) is 13.2 Å². The van der Waals surface area contributed by atoms with Crippen molar-refractivity contribution in [3.63, 3.8) is 0 Å². The Kier molecular flexibility index (Phi) is 5.34. The molecule has 0 bridgehead atoms. The first-order chi connectivity index (χ1) is 8.43. The second-order valence-electron chi connectivity index (χ2n) is 3.97. The lowest BCUT2D eigenvalue weighted by Gasteiger charge is -2.08. The first-order valence-corrected chi connectivity index (χ1v) is 5.69. The molecule has 0 radical (unpaired) electrons. The van der Waals surface area contributed by atoms with Crippen molar-refractivity contribution in [2.24, 2.45) is 0 Å². The molecule has 0 spiro atoms. The summed E-state index contributed by atoms with van der Waals surface area (Å²) in [5, 5.41) is 0. The van der Waals surface area contributed by atoms with Crippen LogP contribution in [0, 0.1) is 0 Å². The fraction of sp³-hybridized carbons (Fsp3) is 0.462. The average Bonchev–Trinajstić information content (AvgIpc) is 2.28. The summed E-state index contributed by atoms with van der Waals surface area (Å²) >= 11 is 0. The topological polar surface area (TPSA) is 26.3 Å². The largest absolute Gasteiger partial charge is 0.416 e. The molecule has 0 atom stereocenters. The van der Waals surface area contributed by atoms with Crippen LogP contribution < -0.4 is 0 Å². The maximum atomic E-state index is 12.4. The van der Waals surface area contributed by atoms with Gasteiger partial charge in [-0.1, -0.05) is 25.1 Å². The molecule has 18 heavy (non-hydrogen) atoms. The van der Waals surface area contributed by atoms with Crippen molar-refractivity contribution in [2.45, 2.75) is 25.9 Å². The van der Waals surface area contributed by atoms with E-state index >= 15 is 0 Å². The summed E-state index contributed by atoms with van der Waals surface area (Å²) in [6.07, 6.45) is -3.61. The minimum atomic E-state index is -4.38. The van der Waals surface area contributed by atoms with Gasteiger partial charge in [-0.15, -0.1) is 0 Å². The van der Waals surface area contributed by atoms with Crippen molar-refractivity contribution < 1.29 is 22.7 Å². The van der Waals surface area contributed by atoms with Crippen LogP contribution in [0.15, 0.2) is 24.3 Å². The van der Waals surface area contributed by atoms with E-state index in [-0.39, 0.29) is 18.8 Å². The van der Waals surface area contributed by atoms with Crippen molar-refractivity contribution >= 4 is 5.78 Å². The van der Waals surface area contributed by atoms with Gasteiger partial charge in [0.05, 0.1) is 5.56 Å². The molecule has 2 nitrogen and oxygen atoms in total. The zero-order valence-electron chi connectivity index (χ0n) is 10.1. The first kappa shape index (κ1) is 14.7. The summed E-state index contributed by atoms with van der Waals surface area (Å²) in [4.78, 5) is 11.4. The van der Waals surface area contributed by atoms with Crippen LogP contribution in [0.2, 0.25) is 0 Å². The van der Waals surface area contributed by atoms with Crippen LogP contribution in [-0.2, 0) is 22.1 Å². The minimum Gasteiger partial charge on any atom is -0.374 e. The van der Waals surface area contributed by atoms with Crippen molar-refractivity contribution in [3.05, 3.63) is 35.4 Å². The van der Waals surface area contributed by atoms with E-state index in [2.05, 4.69) is 0 Å². The molecule has 0 aliphatic rings. The molecule has 0 aliphatic carbocycles. The summed E-state index contributed by atoms with van der Waals surface area (Å²) in [7, 11) is 0. The van der Waals surface area contributed by atoms with Gasteiger partial charge in [0.25, 0.3) is 0 Å². The first-order valence-electron chi connectivity index (χ1n) is 5.69. The van der Waals surface area contributed by atoms with Gasteiger partial charge >= 0.3 is 6.18 Å². The fourth-order valence-corrected chi connectivity index (χ4v) is 1.47. The lowest BCUT2D eigenvalue weighted by Crippen LogP contribution is -2.13. The Balaban J connectivity index is 2.60. The van der Waals surface area contributed by atoms with Gasteiger partial charge in [-0.25, -0.2) is 0 Å². The summed E-state index contributed by atoms with van der Waals surface area (Å²) in [5.74, 6) is -0.220. The lowest BCUT2D eigenvalue weighted by atomic mass is 10.1. The number of alkyl halides is 3. The Morgan fingerprint density at radius 1 is 1.33 bits per heavy atom. The predicted octanol–water partition coefficient (Wildman–Crippen LogP) is 3.24. The highest BCUT2D eigenvalue weighted by atomic mass is 19.4. The highest BCUT2D eigenvalue weighted by Crippen LogP contribution is 2.29. The molecule has 5 heteroatoms. The maximum Gasteiger partial charge on any atom is 0.416 e. The smallest absolute Gasteiger partial charge is 0.374 e. The second-order valence-corrected chi connectivity index (χ2v) is 3.97. The number of rotatable bonds is 6. The monoisotopic (exact) mass is 260 g/mol. The molecule has 1 rings (SSSR count). The zero-order valence-corrected chi connectivity index (χ0v) is 10.1. The second kappa shape index (κ2) is 6.54. The summed E-state index contributed by atoms with van der Waals surface area (Å²) in [6.45, 7) is 2.34. The molecule has 1 aromatic rings. The van der Waals surface area contributed by atoms with Crippen LogP contribution in [0.5, 0.6) is 0 Å². The van der Waals surface area contributed by atoms with Gasteiger partial charge in [0.1, 0.15) is 6.61 Å². The molecule has 0 fully saturated rings. The number of hydrogen-bond donors (Lipinski definition) is 0. The molecule has 1 aromatic carbocycles. The van der Waals surface area contributed by atoms with Gasteiger partial charge in [0.2, 0.25) is 0 Å². The normalized spacial score (nSPS) is 11.6. The van der Waals surface area contributed by atoms with Crippen molar-refractivity contribution in [1.82, 2.24) is 0 Å². The van der Waals surface area contributed by atoms with Crippen LogP contribution in [-0.4, -0.2) is 19.0 Å². The third kappa shape index (κ3) is 4.87. The number of hydrogen-bond acceptors (Lipinski definition) is 2. The number of halogens is 3. The summed E-state index contributed by atoms with van der Waals surface area (Å²) in [5.41, 5.74) is -0.378. The summed E-state index contributed by atoms with van der Waals surface area (Å²) in [6, 6.07) is 4.80. The van der Waals surface area contributed by atoms with E-state index in [9.17, 15) is 18.0 Å². The van der Waals surface area contributed by atoms with E-state index in [1.807, 2.05) is 6.92 Å². The number of ketones is 1. The molecule has 0 N–H and O–H groups in total. The average molecular weight is 260 g/mol. The standard InChI is InChI=1S/C13H15F3O2/c1-2-6-18-9-12(17)8-10-4-3-5-11(7-10)13(14,15)16/h3-5,7H,2,6,8-9H2,1H3. The number of benzene rings is 1. The van der Waals surface area contributed by atoms with Crippen LogP contribution in [0.25, 0.3) is 0 Å². The van der Waals surface area contributed by atoms with Crippen molar-refractivity contribution in [1.29, 1.82) is 0 Å². The van der Waals surface area contributed by atoms with Crippen LogP contribution >= 0.6 is 0 Å². The fourth-order valence-electron chi connectivity index (χ4n) is 1.47. The Hall–Kier alpha value is -1.36. The summed E-state index contributed by atoms with van der Waals surface area (Å²) < 4.78 is 42.4. The van der Waals surface area contributed by atoms with Gasteiger partial charge in [0.15, 0.2) is 5.78 Å². The van der Waals surface area contributed by atoms with E-state index in [1.54, 1.807) is 0 Å².